The Morgan fingerprint density at radius 3 is 1.56 bits per heavy atom. The van der Waals surface area contributed by atoms with Gasteiger partial charge in [0.2, 0.25) is 0 Å². The number of aliphatic hydroxyl groups is 1. The highest BCUT2D eigenvalue weighted by Crippen LogP contribution is 2.19. The normalized spacial score (nSPS) is 16.0. The van der Waals surface area contributed by atoms with Crippen molar-refractivity contribution < 1.29 is 5.11 Å². The highest BCUT2D eigenvalue weighted by atomic mass is 16.3. The van der Waals surface area contributed by atoms with Crippen LogP contribution in [0, 0.1) is 17.8 Å². The Kier molecular flexibility index (Phi) is 8.13. The summed E-state index contributed by atoms with van der Waals surface area (Å²) in [6, 6.07) is 0. The molecule has 0 amide bonds. The van der Waals surface area contributed by atoms with Crippen LogP contribution in [0.15, 0.2) is 0 Å². The highest BCUT2D eigenvalue weighted by molar-refractivity contribution is 4.81. The summed E-state index contributed by atoms with van der Waals surface area (Å²) in [4.78, 5) is 2.44. The van der Waals surface area contributed by atoms with Crippen molar-refractivity contribution in [3.8, 4) is 0 Å². The SMILES string of the molecule is CC(C)CCN(CCC(C)C)CC(C)(O)C(C)C. The Morgan fingerprint density at radius 2 is 1.28 bits per heavy atom. The van der Waals surface area contributed by atoms with Crippen molar-refractivity contribution in [1.82, 2.24) is 4.90 Å². The van der Waals surface area contributed by atoms with Crippen LogP contribution in [-0.4, -0.2) is 35.2 Å². The summed E-state index contributed by atoms with van der Waals surface area (Å²) < 4.78 is 0. The fraction of sp³-hybridized carbons (Fsp3) is 1.00. The van der Waals surface area contributed by atoms with Crippen molar-refractivity contribution in [2.24, 2.45) is 17.8 Å². The second-order valence-electron chi connectivity index (χ2n) is 7.15. The van der Waals surface area contributed by atoms with Gasteiger partial charge in [-0.1, -0.05) is 41.5 Å². The molecule has 0 aromatic heterocycles. The van der Waals surface area contributed by atoms with Crippen LogP contribution in [0.5, 0.6) is 0 Å². The van der Waals surface area contributed by atoms with Gasteiger partial charge in [0.1, 0.15) is 0 Å². The molecule has 0 saturated heterocycles. The van der Waals surface area contributed by atoms with Gasteiger partial charge in [0.05, 0.1) is 5.60 Å². The molecule has 0 rings (SSSR count). The van der Waals surface area contributed by atoms with E-state index in [2.05, 4.69) is 46.4 Å². The minimum Gasteiger partial charge on any atom is -0.389 e. The Hall–Kier alpha value is -0.0800. The van der Waals surface area contributed by atoms with Gasteiger partial charge in [-0.3, -0.25) is 0 Å². The van der Waals surface area contributed by atoms with Gasteiger partial charge in [-0.15, -0.1) is 0 Å². The van der Waals surface area contributed by atoms with Crippen LogP contribution in [0.3, 0.4) is 0 Å². The first-order chi connectivity index (χ1) is 8.15. The van der Waals surface area contributed by atoms with Gasteiger partial charge >= 0.3 is 0 Å². The largest absolute Gasteiger partial charge is 0.389 e. The van der Waals surface area contributed by atoms with Gasteiger partial charge in [0.25, 0.3) is 0 Å². The molecule has 18 heavy (non-hydrogen) atoms. The summed E-state index contributed by atoms with van der Waals surface area (Å²) in [7, 11) is 0. The quantitative estimate of drug-likeness (QED) is 0.679. The van der Waals surface area contributed by atoms with Gasteiger partial charge in [-0.2, -0.15) is 0 Å². The molecule has 0 aromatic rings. The molecule has 0 saturated carbocycles. The number of nitrogens with zero attached hydrogens (tertiary/aromatic N) is 1. The maximum absolute atomic E-state index is 10.5. The average Bonchev–Trinajstić information content (AvgIpc) is 2.21. The predicted molar refractivity (Wildman–Crippen MR) is 80.8 cm³/mol. The second-order valence-corrected chi connectivity index (χ2v) is 7.15. The van der Waals surface area contributed by atoms with Crippen LogP contribution < -0.4 is 0 Å². The van der Waals surface area contributed by atoms with Crippen LogP contribution in [0.25, 0.3) is 0 Å². The lowest BCUT2D eigenvalue weighted by Gasteiger charge is -2.35. The summed E-state index contributed by atoms with van der Waals surface area (Å²) in [6.45, 7) is 18.2. The molecule has 0 radical (unpaired) electrons. The zero-order valence-electron chi connectivity index (χ0n) is 13.7. The average molecular weight is 257 g/mol. The Bertz CT molecular complexity index is 197. The van der Waals surface area contributed by atoms with Gasteiger partial charge in [0.15, 0.2) is 0 Å². The molecule has 110 valence electrons. The molecule has 0 heterocycles. The zero-order chi connectivity index (χ0) is 14.3. The van der Waals surface area contributed by atoms with Crippen molar-refractivity contribution in [2.45, 2.75) is 66.9 Å². The third-order valence-corrected chi connectivity index (χ3v) is 3.83. The third kappa shape index (κ3) is 8.10. The Morgan fingerprint density at radius 1 is 0.889 bits per heavy atom. The maximum Gasteiger partial charge on any atom is 0.0768 e. The van der Waals surface area contributed by atoms with E-state index in [4.69, 9.17) is 0 Å². The van der Waals surface area contributed by atoms with Gasteiger partial charge in [0, 0.05) is 6.54 Å². The van der Waals surface area contributed by atoms with E-state index in [1.165, 1.54) is 12.8 Å². The van der Waals surface area contributed by atoms with Crippen LogP contribution in [0.1, 0.15) is 61.3 Å². The standard InChI is InChI=1S/C16H35NO/c1-13(2)8-10-17(11-9-14(3)4)12-16(7,18)15(5)6/h13-15,18H,8-12H2,1-7H3. The van der Waals surface area contributed by atoms with Crippen LogP contribution >= 0.6 is 0 Å². The summed E-state index contributed by atoms with van der Waals surface area (Å²) in [5.41, 5.74) is -0.575. The molecular formula is C16H35NO. The first-order valence-corrected chi connectivity index (χ1v) is 7.60. The molecular weight excluding hydrogens is 222 g/mol. The van der Waals surface area contributed by atoms with Gasteiger partial charge < -0.3 is 10.0 Å². The van der Waals surface area contributed by atoms with E-state index in [9.17, 15) is 5.11 Å². The van der Waals surface area contributed by atoms with Crippen molar-refractivity contribution in [2.75, 3.05) is 19.6 Å². The van der Waals surface area contributed by atoms with Crippen LogP contribution in [-0.2, 0) is 0 Å². The van der Waals surface area contributed by atoms with Gasteiger partial charge in [-0.25, -0.2) is 0 Å². The summed E-state index contributed by atoms with van der Waals surface area (Å²) in [6.07, 6.45) is 2.43. The molecule has 0 aromatic carbocycles. The molecule has 1 N–H and O–H groups in total. The van der Waals surface area contributed by atoms with Crippen molar-refractivity contribution in [1.29, 1.82) is 0 Å². The lowest BCUT2D eigenvalue weighted by molar-refractivity contribution is -0.0205. The monoisotopic (exact) mass is 257 g/mol. The van der Waals surface area contributed by atoms with Crippen molar-refractivity contribution >= 4 is 0 Å². The molecule has 1 atom stereocenters. The van der Waals surface area contributed by atoms with Crippen molar-refractivity contribution in [3.05, 3.63) is 0 Å². The molecule has 2 heteroatoms. The van der Waals surface area contributed by atoms with E-state index in [1.54, 1.807) is 0 Å². The molecule has 0 bridgehead atoms. The van der Waals surface area contributed by atoms with Gasteiger partial charge in [-0.05, 0) is 50.6 Å². The highest BCUT2D eigenvalue weighted by Gasteiger charge is 2.27. The van der Waals surface area contributed by atoms with E-state index in [1.807, 2.05) is 6.92 Å². The number of hydrogen-bond acceptors (Lipinski definition) is 2. The zero-order valence-corrected chi connectivity index (χ0v) is 13.7. The molecule has 1 unspecified atom stereocenters. The van der Waals surface area contributed by atoms with E-state index in [0.29, 0.717) is 5.92 Å². The summed E-state index contributed by atoms with van der Waals surface area (Å²) in [5.74, 6) is 1.77. The second kappa shape index (κ2) is 8.16. The minimum atomic E-state index is -0.575. The van der Waals surface area contributed by atoms with E-state index < -0.39 is 5.60 Å². The lowest BCUT2D eigenvalue weighted by Crippen LogP contribution is -2.45. The maximum atomic E-state index is 10.5. The fourth-order valence-corrected chi connectivity index (χ4v) is 1.79. The molecule has 0 spiro atoms. The minimum absolute atomic E-state index is 0.304. The number of rotatable bonds is 9. The lowest BCUT2D eigenvalue weighted by atomic mass is 9.91. The third-order valence-electron chi connectivity index (χ3n) is 3.83. The molecule has 0 aliphatic rings. The Labute approximate surface area is 115 Å². The van der Waals surface area contributed by atoms with Crippen molar-refractivity contribution in [3.63, 3.8) is 0 Å². The van der Waals surface area contributed by atoms with E-state index in [-0.39, 0.29) is 0 Å². The fourth-order valence-electron chi connectivity index (χ4n) is 1.79. The first-order valence-electron chi connectivity index (χ1n) is 7.60. The molecule has 2 nitrogen and oxygen atoms in total. The van der Waals surface area contributed by atoms with E-state index >= 15 is 0 Å². The predicted octanol–water partition coefficient (Wildman–Crippen LogP) is 3.79. The van der Waals surface area contributed by atoms with E-state index in [0.717, 1.165) is 31.5 Å². The first kappa shape index (κ1) is 17.9. The smallest absolute Gasteiger partial charge is 0.0768 e. The summed E-state index contributed by atoms with van der Waals surface area (Å²) >= 11 is 0. The Balaban J connectivity index is 4.36. The molecule has 0 aliphatic carbocycles. The van der Waals surface area contributed by atoms with Crippen LogP contribution in [0.2, 0.25) is 0 Å². The molecule has 0 aliphatic heterocycles. The topological polar surface area (TPSA) is 23.5 Å². The molecule has 0 fully saturated rings. The number of hydrogen-bond donors (Lipinski definition) is 1. The van der Waals surface area contributed by atoms with Crippen LogP contribution in [0.4, 0.5) is 0 Å². The summed E-state index contributed by atoms with van der Waals surface area (Å²) in [5, 5.41) is 10.5.